The van der Waals surface area contributed by atoms with Crippen LogP contribution in [-0.4, -0.2) is 22.4 Å². The minimum Gasteiger partial charge on any atom is -0.487 e. The minimum atomic E-state index is -0.445. The minimum absolute atomic E-state index is 0.0416. The Labute approximate surface area is 115 Å². The van der Waals surface area contributed by atoms with E-state index in [2.05, 4.69) is 27.7 Å². The Kier molecular flexibility index (Phi) is 3.63. The van der Waals surface area contributed by atoms with E-state index in [0.717, 1.165) is 17.7 Å². The Morgan fingerprint density at radius 2 is 1.79 bits per heavy atom. The molecular formula is C16H24O3. The second-order valence-electron chi connectivity index (χ2n) is 6.52. The predicted octanol–water partition coefficient (Wildman–Crippen LogP) is 3.46. The lowest BCUT2D eigenvalue weighted by molar-refractivity contribution is -0.0846. The van der Waals surface area contributed by atoms with Crippen LogP contribution in [-0.2, 0) is 4.74 Å². The quantitative estimate of drug-likeness (QED) is 0.908. The smallest absolute Gasteiger partial charge is 0.130 e. The second kappa shape index (κ2) is 4.80. The van der Waals surface area contributed by atoms with Gasteiger partial charge in [-0.25, -0.2) is 0 Å². The highest BCUT2D eigenvalue weighted by Crippen LogP contribution is 2.39. The average molecular weight is 264 g/mol. The van der Waals surface area contributed by atoms with Crippen LogP contribution in [0, 0.1) is 0 Å². The normalized spacial score (nSPS) is 26.1. The Bertz CT molecular complexity index is 432. The van der Waals surface area contributed by atoms with Gasteiger partial charge in [-0.05, 0) is 52.3 Å². The summed E-state index contributed by atoms with van der Waals surface area (Å²) in [5.41, 5.74) is 0.467. The second-order valence-corrected chi connectivity index (χ2v) is 6.52. The standard InChI is InChI=1S/C16H24O3/c1-11(17)12-6-8-13(9-7-12)18-14-10-15(2,3)19-16(14,4)5/h6-9,11,14,17H,10H2,1-5H3/t11-,14?/m0/s1. The molecule has 0 amide bonds. The third-order valence-electron chi connectivity index (χ3n) is 3.63. The average Bonchev–Trinajstić information content (AvgIpc) is 2.47. The van der Waals surface area contributed by atoms with Gasteiger partial charge in [0.15, 0.2) is 0 Å². The van der Waals surface area contributed by atoms with Crippen LogP contribution in [0.25, 0.3) is 0 Å². The van der Waals surface area contributed by atoms with Gasteiger partial charge in [0.05, 0.1) is 11.7 Å². The fourth-order valence-corrected chi connectivity index (χ4v) is 2.68. The number of rotatable bonds is 3. The topological polar surface area (TPSA) is 38.7 Å². The molecule has 1 unspecified atom stereocenters. The molecule has 2 rings (SSSR count). The van der Waals surface area contributed by atoms with Crippen LogP contribution in [0.2, 0.25) is 0 Å². The number of ether oxygens (including phenoxy) is 2. The zero-order valence-electron chi connectivity index (χ0n) is 12.4. The molecule has 3 heteroatoms. The first-order chi connectivity index (χ1) is 8.70. The molecule has 2 atom stereocenters. The van der Waals surface area contributed by atoms with Crippen molar-refractivity contribution in [2.24, 2.45) is 0 Å². The van der Waals surface area contributed by atoms with Crippen molar-refractivity contribution >= 4 is 0 Å². The zero-order chi connectivity index (χ0) is 14.3. The molecule has 106 valence electrons. The molecule has 1 aliphatic heterocycles. The molecule has 1 aliphatic rings. The Morgan fingerprint density at radius 1 is 1.21 bits per heavy atom. The van der Waals surface area contributed by atoms with Gasteiger partial charge in [0, 0.05) is 6.42 Å². The lowest BCUT2D eigenvalue weighted by Crippen LogP contribution is -2.36. The molecular weight excluding hydrogens is 240 g/mol. The van der Waals surface area contributed by atoms with E-state index in [-0.39, 0.29) is 17.3 Å². The van der Waals surface area contributed by atoms with E-state index in [1.807, 2.05) is 24.3 Å². The molecule has 1 saturated heterocycles. The summed E-state index contributed by atoms with van der Waals surface area (Å²) in [4.78, 5) is 0. The highest BCUT2D eigenvalue weighted by atomic mass is 16.6. The van der Waals surface area contributed by atoms with E-state index in [9.17, 15) is 5.11 Å². The van der Waals surface area contributed by atoms with Gasteiger partial charge < -0.3 is 14.6 Å². The molecule has 1 aromatic rings. The number of hydrogen-bond donors (Lipinski definition) is 1. The molecule has 0 aromatic heterocycles. The summed E-state index contributed by atoms with van der Waals surface area (Å²) < 4.78 is 12.1. The van der Waals surface area contributed by atoms with Crippen molar-refractivity contribution in [1.82, 2.24) is 0 Å². The molecule has 1 aromatic carbocycles. The first kappa shape index (κ1) is 14.4. The molecule has 1 fully saturated rings. The third-order valence-corrected chi connectivity index (χ3v) is 3.63. The van der Waals surface area contributed by atoms with Crippen molar-refractivity contribution in [3.05, 3.63) is 29.8 Å². The summed E-state index contributed by atoms with van der Waals surface area (Å²) in [6.07, 6.45) is 0.470. The van der Waals surface area contributed by atoms with Crippen LogP contribution >= 0.6 is 0 Å². The van der Waals surface area contributed by atoms with E-state index in [0.29, 0.717) is 0 Å². The highest BCUT2D eigenvalue weighted by molar-refractivity contribution is 5.28. The van der Waals surface area contributed by atoms with Crippen molar-refractivity contribution in [2.45, 2.75) is 64.4 Å². The van der Waals surface area contributed by atoms with Gasteiger partial charge in [-0.15, -0.1) is 0 Å². The monoisotopic (exact) mass is 264 g/mol. The molecule has 3 nitrogen and oxygen atoms in total. The van der Waals surface area contributed by atoms with Crippen LogP contribution in [0.1, 0.15) is 52.7 Å². The Hall–Kier alpha value is -1.06. The highest BCUT2D eigenvalue weighted by Gasteiger charge is 2.47. The van der Waals surface area contributed by atoms with E-state index in [4.69, 9.17) is 9.47 Å². The maximum absolute atomic E-state index is 9.49. The van der Waals surface area contributed by atoms with Crippen LogP contribution in [0.3, 0.4) is 0 Å². The summed E-state index contributed by atoms with van der Waals surface area (Å²) in [5.74, 6) is 0.823. The molecule has 0 spiro atoms. The molecule has 0 bridgehead atoms. The molecule has 0 saturated carbocycles. The van der Waals surface area contributed by atoms with Gasteiger partial charge >= 0.3 is 0 Å². The van der Waals surface area contributed by atoms with E-state index >= 15 is 0 Å². The number of aliphatic hydroxyl groups excluding tert-OH is 1. The van der Waals surface area contributed by atoms with Crippen LogP contribution in [0.5, 0.6) is 5.75 Å². The van der Waals surface area contributed by atoms with Gasteiger partial charge in [0.25, 0.3) is 0 Å². The predicted molar refractivity (Wildman–Crippen MR) is 75.4 cm³/mol. The maximum Gasteiger partial charge on any atom is 0.130 e. The van der Waals surface area contributed by atoms with Crippen molar-refractivity contribution < 1.29 is 14.6 Å². The van der Waals surface area contributed by atoms with Gasteiger partial charge in [-0.3, -0.25) is 0 Å². The fraction of sp³-hybridized carbons (Fsp3) is 0.625. The van der Waals surface area contributed by atoms with Crippen LogP contribution in [0.15, 0.2) is 24.3 Å². The van der Waals surface area contributed by atoms with Gasteiger partial charge in [0.2, 0.25) is 0 Å². The van der Waals surface area contributed by atoms with Crippen LogP contribution in [0.4, 0.5) is 0 Å². The maximum atomic E-state index is 9.49. The molecule has 0 aliphatic carbocycles. The third kappa shape index (κ3) is 3.28. The Morgan fingerprint density at radius 3 is 2.21 bits per heavy atom. The van der Waals surface area contributed by atoms with E-state index in [1.54, 1.807) is 6.92 Å². The van der Waals surface area contributed by atoms with Crippen molar-refractivity contribution in [1.29, 1.82) is 0 Å². The summed E-state index contributed by atoms with van der Waals surface area (Å²) in [5, 5.41) is 9.49. The largest absolute Gasteiger partial charge is 0.487 e. The molecule has 1 N–H and O–H groups in total. The van der Waals surface area contributed by atoms with Crippen LogP contribution < -0.4 is 4.74 Å². The first-order valence-corrected chi connectivity index (χ1v) is 6.84. The zero-order valence-corrected chi connectivity index (χ0v) is 12.4. The number of benzene rings is 1. The van der Waals surface area contributed by atoms with E-state index in [1.165, 1.54) is 0 Å². The van der Waals surface area contributed by atoms with Gasteiger partial charge in [0.1, 0.15) is 17.5 Å². The lowest BCUT2D eigenvalue weighted by Gasteiger charge is -2.27. The van der Waals surface area contributed by atoms with Gasteiger partial charge in [-0.2, -0.15) is 0 Å². The molecule has 0 radical (unpaired) electrons. The van der Waals surface area contributed by atoms with Crippen molar-refractivity contribution in [3.8, 4) is 5.75 Å². The summed E-state index contributed by atoms with van der Waals surface area (Å²) in [7, 11) is 0. The summed E-state index contributed by atoms with van der Waals surface area (Å²) in [6, 6.07) is 7.61. The van der Waals surface area contributed by atoms with Crippen molar-refractivity contribution in [3.63, 3.8) is 0 Å². The first-order valence-electron chi connectivity index (χ1n) is 6.84. The number of aliphatic hydroxyl groups is 1. The van der Waals surface area contributed by atoms with E-state index < -0.39 is 6.10 Å². The lowest BCUT2D eigenvalue weighted by atomic mass is 9.97. The summed E-state index contributed by atoms with van der Waals surface area (Å²) in [6.45, 7) is 10.1. The van der Waals surface area contributed by atoms with Crippen molar-refractivity contribution in [2.75, 3.05) is 0 Å². The number of hydrogen-bond acceptors (Lipinski definition) is 3. The summed E-state index contributed by atoms with van der Waals surface area (Å²) >= 11 is 0. The fourth-order valence-electron chi connectivity index (χ4n) is 2.68. The molecule has 19 heavy (non-hydrogen) atoms. The molecule has 1 heterocycles. The van der Waals surface area contributed by atoms with Gasteiger partial charge in [-0.1, -0.05) is 12.1 Å². The Balaban J connectivity index is 2.09. The SMILES string of the molecule is C[C@H](O)c1ccc(OC2CC(C)(C)OC2(C)C)cc1.